The Bertz CT molecular complexity index is 715. The number of aryl methyl sites for hydroxylation is 1. The molecule has 0 bridgehead atoms. The van der Waals surface area contributed by atoms with Gasteiger partial charge in [-0.2, -0.15) is 0 Å². The van der Waals surface area contributed by atoms with Crippen LogP contribution in [0.2, 0.25) is 0 Å². The molecule has 20 heavy (non-hydrogen) atoms. The Kier molecular flexibility index (Phi) is 4.25. The van der Waals surface area contributed by atoms with Crippen LogP contribution in [0.3, 0.4) is 0 Å². The van der Waals surface area contributed by atoms with Gasteiger partial charge in [0.15, 0.2) is 9.84 Å². The van der Waals surface area contributed by atoms with E-state index in [-0.39, 0.29) is 16.4 Å². The van der Waals surface area contributed by atoms with Crippen LogP contribution < -0.4 is 0 Å². The van der Waals surface area contributed by atoms with Gasteiger partial charge in [-0.1, -0.05) is 30.3 Å². The Morgan fingerprint density at radius 1 is 1.20 bits per heavy atom. The molecule has 106 valence electrons. The highest BCUT2D eigenvalue weighted by atomic mass is 32.2. The summed E-state index contributed by atoms with van der Waals surface area (Å²) in [6.07, 6.45) is 0. The highest BCUT2D eigenvalue weighted by Gasteiger charge is 2.18. The van der Waals surface area contributed by atoms with E-state index in [0.29, 0.717) is 5.56 Å². The standard InChI is InChI=1S/C14H14O4S2/c1-10-12(7-13(19-10)14(15)16)9-20(17,18)8-11-5-3-2-4-6-11/h2-7H,8-9H2,1H3,(H,15,16). The highest BCUT2D eigenvalue weighted by Crippen LogP contribution is 2.24. The molecule has 1 aromatic heterocycles. The molecule has 0 spiro atoms. The van der Waals surface area contributed by atoms with Crippen LogP contribution in [0.25, 0.3) is 0 Å². The van der Waals surface area contributed by atoms with Crippen molar-refractivity contribution in [3.05, 3.63) is 57.3 Å². The molecule has 0 fully saturated rings. The zero-order valence-corrected chi connectivity index (χ0v) is 12.5. The van der Waals surface area contributed by atoms with E-state index >= 15 is 0 Å². The van der Waals surface area contributed by atoms with Gasteiger partial charge in [0.1, 0.15) is 4.88 Å². The van der Waals surface area contributed by atoms with Crippen molar-refractivity contribution < 1.29 is 18.3 Å². The molecule has 0 radical (unpaired) electrons. The summed E-state index contributed by atoms with van der Waals surface area (Å²) >= 11 is 1.11. The first kappa shape index (κ1) is 14.7. The molecule has 6 heteroatoms. The Labute approximate surface area is 121 Å². The number of thiophene rings is 1. The van der Waals surface area contributed by atoms with Crippen LogP contribution in [0.1, 0.15) is 25.7 Å². The third-order valence-corrected chi connectivity index (χ3v) is 5.44. The van der Waals surface area contributed by atoms with Gasteiger partial charge in [-0.3, -0.25) is 0 Å². The molecule has 0 unspecified atom stereocenters. The fourth-order valence-corrected chi connectivity index (χ4v) is 4.43. The summed E-state index contributed by atoms with van der Waals surface area (Å²) in [5.74, 6) is -1.19. The van der Waals surface area contributed by atoms with E-state index < -0.39 is 15.8 Å². The number of aromatic carboxylic acids is 1. The van der Waals surface area contributed by atoms with E-state index in [1.807, 2.05) is 6.07 Å². The summed E-state index contributed by atoms with van der Waals surface area (Å²) in [4.78, 5) is 11.8. The van der Waals surface area contributed by atoms with Crippen LogP contribution >= 0.6 is 11.3 Å². The maximum Gasteiger partial charge on any atom is 0.345 e. The predicted molar refractivity (Wildman–Crippen MR) is 78.8 cm³/mol. The molecule has 0 atom stereocenters. The van der Waals surface area contributed by atoms with Crippen molar-refractivity contribution in [2.45, 2.75) is 18.4 Å². The van der Waals surface area contributed by atoms with Crippen molar-refractivity contribution in [3.63, 3.8) is 0 Å². The Balaban J connectivity index is 2.18. The molecule has 2 rings (SSSR count). The zero-order chi connectivity index (χ0) is 14.8. The van der Waals surface area contributed by atoms with Gasteiger partial charge >= 0.3 is 5.97 Å². The van der Waals surface area contributed by atoms with E-state index in [1.54, 1.807) is 31.2 Å². The average molecular weight is 310 g/mol. The van der Waals surface area contributed by atoms with Crippen molar-refractivity contribution in [3.8, 4) is 0 Å². The van der Waals surface area contributed by atoms with E-state index in [0.717, 1.165) is 21.8 Å². The van der Waals surface area contributed by atoms with Gasteiger partial charge in [-0.25, -0.2) is 13.2 Å². The number of hydrogen-bond acceptors (Lipinski definition) is 4. The predicted octanol–water partition coefficient (Wildman–Crippen LogP) is 2.87. The molecule has 0 aliphatic carbocycles. The molecule has 0 aliphatic heterocycles. The van der Waals surface area contributed by atoms with Crippen molar-refractivity contribution in [1.29, 1.82) is 0 Å². The number of carboxylic acids is 1. The summed E-state index contributed by atoms with van der Waals surface area (Å²) in [5, 5.41) is 8.92. The van der Waals surface area contributed by atoms with Crippen molar-refractivity contribution in [2.24, 2.45) is 0 Å². The third-order valence-electron chi connectivity index (χ3n) is 2.84. The second-order valence-electron chi connectivity index (χ2n) is 4.52. The molecule has 2 aromatic rings. The Hall–Kier alpha value is -1.66. The van der Waals surface area contributed by atoms with Gasteiger partial charge in [-0.05, 0) is 24.1 Å². The second kappa shape index (κ2) is 5.76. The zero-order valence-electron chi connectivity index (χ0n) is 10.9. The molecule has 0 amide bonds. The number of hydrogen-bond donors (Lipinski definition) is 1. The number of carboxylic acid groups (broad SMARTS) is 1. The first-order valence-corrected chi connectivity index (χ1v) is 8.58. The fourth-order valence-electron chi connectivity index (χ4n) is 1.88. The number of carbonyl (C=O) groups is 1. The lowest BCUT2D eigenvalue weighted by Crippen LogP contribution is -2.07. The third kappa shape index (κ3) is 3.68. The second-order valence-corrected chi connectivity index (χ2v) is 7.84. The van der Waals surface area contributed by atoms with Crippen LogP contribution in [-0.2, 0) is 21.3 Å². The monoisotopic (exact) mass is 310 g/mol. The first-order chi connectivity index (χ1) is 9.37. The maximum absolute atomic E-state index is 12.2. The molecule has 0 saturated carbocycles. The van der Waals surface area contributed by atoms with Gasteiger partial charge in [0.2, 0.25) is 0 Å². The summed E-state index contributed by atoms with van der Waals surface area (Å²) in [7, 11) is -3.31. The molecule has 0 aliphatic rings. The van der Waals surface area contributed by atoms with E-state index in [4.69, 9.17) is 5.11 Å². The minimum Gasteiger partial charge on any atom is -0.477 e. The summed E-state index contributed by atoms with van der Waals surface area (Å²) in [5.41, 5.74) is 1.31. The van der Waals surface area contributed by atoms with E-state index in [2.05, 4.69) is 0 Å². The Morgan fingerprint density at radius 3 is 2.40 bits per heavy atom. The lowest BCUT2D eigenvalue weighted by Gasteiger charge is -2.04. The van der Waals surface area contributed by atoms with Crippen molar-refractivity contribution in [1.82, 2.24) is 0 Å². The Morgan fingerprint density at radius 2 is 1.85 bits per heavy atom. The number of sulfone groups is 1. The van der Waals surface area contributed by atoms with E-state index in [1.165, 1.54) is 6.07 Å². The topological polar surface area (TPSA) is 71.4 Å². The van der Waals surface area contributed by atoms with Crippen molar-refractivity contribution >= 4 is 27.1 Å². The average Bonchev–Trinajstić information content (AvgIpc) is 2.71. The smallest absolute Gasteiger partial charge is 0.345 e. The van der Waals surface area contributed by atoms with Gasteiger partial charge < -0.3 is 5.11 Å². The van der Waals surface area contributed by atoms with Crippen molar-refractivity contribution in [2.75, 3.05) is 0 Å². The van der Waals surface area contributed by atoms with Crippen LogP contribution in [0.15, 0.2) is 36.4 Å². The number of benzene rings is 1. The molecule has 1 aromatic carbocycles. The maximum atomic E-state index is 12.2. The summed E-state index contributed by atoms with van der Waals surface area (Å²) < 4.78 is 24.3. The largest absolute Gasteiger partial charge is 0.477 e. The van der Waals surface area contributed by atoms with Gasteiger partial charge in [-0.15, -0.1) is 11.3 Å². The minimum absolute atomic E-state index is 0.0362. The molecular formula is C14H14O4S2. The van der Waals surface area contributed by atoms with E-state index in [9.17, 15) is 13.2 Å². The number of rotatable bonds is 5. The quantitative estimate of drug-likeness (QED) is 0.921. The van der Waals surface area contributed by atoms with Crippen LogP contribution in [0.4, 0.5) is 0 Å². The van der Waals surface area contributed by atoms with Gasteiger partial charge in [0.05, 0.1) is 11.5 Å². The lowest BCUT2D eigenvalue weighted by molar-refractivity contribution is 0.0702. The summed E-state index contributed by atoms with van der Waals surface area (Å²) in [6.45, 7) is 1.74. The molecule has 1 heterocycles. The van der Waals surface area contributed by atoms with Gasteiger partial charge in [0, 0.05) is 4.88 Å². The van der Waals surface area contributed by atoms with Crippen LogP contribution in [0, 0.1) is 6.92 Å². The summed E-state index contributed by atoms with van der Waals surface area (Å²) in [6, 6.07) is 10.4. The van der Waals surface area contributed by atoms with Crippen LogP contribution in [-0.4, -0.2) is 19.5 Å². The highest BCUT2D eigenvalue weighted by molar-refractivity contribution is 7.89. The molecule has 1 N–H and O–H groups in total. The molecule has 4 nitrogen and oxygen atoms in total. The normalized spacial score (nSPS) is 11.4. The lowest BCUT2D eigenvalue weighted by atomic mass is 10.2. The first-order valence-electron chi connectivity index (χ1n) is 5.94. The fraction of sp³-hybridized carbons (Fsp3) is 0.214. The van der Waals surface area contributed by atoms with Gasteiger partial charge in [0.25, 0.3) is 0 Å². The molecular weight excluding hydrogens is 296 g/mol. The minimum atomic E-state index is -3.31. The molecule has 0 saturated heterocycles. The SMILES string of the molecule is Cc1sc(C(=O)O)cc1CS(=O)(=O)Cc1ccccc1. The van der Waals surface area contributed by atoms with Crippen LogP contribution in [0.5, 0.6) is 0 Å².